The highest BCUT2D eigenvalue weighted by Crippen LogP contribution is 2.10. The Labute approximate surface area is 73.3 Å². The third-order valence-electron chi connectivity index (χ3n) is 1.84. The summed E-state index contributed by atoms with van der Waals surface area (Å²) < 4.78 is 13.2. The van der Waals surface area contributed by atoms with Crippen molar-refractivity contribution >= 4 is 11.5 Å². The van der Waals surface area contributed by atoms with Crippen LogP contribution in [0.15, 0.2) is 36.5 Å². The third-order valence-corrected chi connectivity index (χ3v) is 1.84. The Morgan fingerprint density at radius 1 is 1.31 bits per heavy atom. The SMILES string of the molecule is O=C(OF)c1ccc2ccccn12. The molecule has 0 radical (unpaired) electrons. The second-order valence-electron chi connectivity index (χ2n) is 2.58. The second kappa shape index (κ2) is 2.90. The first kappa shape index (κ1) is 7.79. The van der Waals surface area contributed by atoms with E-state index in [2.05, 4.69) is 4.94 Å². The van der Waals surface area contributed by atoms with Gasteiger partial charge < -0.3 is 4.40 Å². The van der Waals surface area contributed by atoms with Crippen LogP contribution in [0.1, 0.15) is 10.5 Å². The largest absolute Gasteiger partial charge is 0.396 e. The number of rotatable bonds is 1. The van der Waals surface area contributed by atoms with Crippen LogP contribution in [0.5, 0.6) is 0 Å². The minimum absolute atomic E-state index is 0.179. The van der Waals surface area contributed by atoms with E-state index < -0.39 is 5.97 Å². The highest BCUT2D eigenvalue weighted by Gasteiger charge is 2.11. The van der Waals surface area contributed by atoms with Gasteiger partial charge in [-0.1, -0.05) is 6.07 Å². The molecular formula is C9H6FNO2. The second-order valence-corrected chi connectivity index (χ2v) is 2.58. The Bertz CT molecular complexity index is 450. The fourth-order valence-corrected chi connectivity index (χ4v) is 1.26. The fourth-order valence-electron chi connectivity index (χ4n) is 1.26. The molecular weight excluding hydrogens is 173 g/mol. The average Bonchev–Trinajstić information content (AvgIpc) is 2.60. The number of pyridine rings is 1. The topological polar surface area (TPSA) is 30.7 Å². The highest BCUT2D eigenvalue weighted by molar-refractivity contribution is 5.88. The summed E-state index contributed by atoms with van der Waals surface area (Å²) in [5.74, 6) is -0.980. The lowest BCUT2D eigenvalue weighted by Crippen LogP contribution is -2.02. The molecule has 0 aliphatic heterocycles. The molecule has 0 amide bonds. The number of aromatic nitrogens is 1. The van der Waals surface area contributed by atoms with E-state index >= 15 is 0 Å². The maximum Gasteiger partial charge on any atom is 0.396 e. The number of carbonyl (C=O) groups excluding carboxylic acids is 1. The Balaban J connectivity index is 2.64. The number of hydrogen-bond acceptors (Lipinski definition) is 2. The first-order valence-electron chi connectivity index (χ1n) is 3.72. The molecule has 3 nitrogen and oxygen atoms in total. The molecule has 2 aromatic heterocycles. The maximum absolute atomic E-state index is 11.6. The van der Waals surface area contributed by atoms with Gasteiger partial charge in [0.15, 0.2) is 0 Å². The molecule has 13 heavy (non-hydrogen) atoms. The molecule has 0 spiro atoms. The van der Waals surface area contributed by atoms with Crippen molar-refractivity contribution in [2.75, 3.05) is 0 Å². The van der Waals surface area contributed by atoms with Crippen molar-refractivity contribution in [3.63, 3.8) is 0 Å². The molecule has 0 N–H and O–H groups in total. The summed E-state index contributed by atoms with van der Waals surface area (Å²) in [6.45, 7) is 0. The molecule has 0 fully saturated rings. The van der Waals surface area contributed by atoms with E-state index in [1.807, 2.05) is 12.1 Å². The standard InChI is InChI=1S/C9H6FNO2/c10-13-9(12)8-5-4-7-3-1-2-6-11(7)8/h1-6H. The molecule has 0 saturated carbocycles. The van der Waals surface area contributed by atoms with Gasteiger partial charge in [0, 0.05) is 16.2 Å². The van der Waals surface area contributed by atoms with Crippen LogP contribution in [0.2, 0.25) is 0 Å². The molecule has 2 rings (SSSR count). The molecule has 0 aliphatic rings. The van der Waals surface area contributed by atoms with Gasteiger partial charge in [0.05, 0.1) is 0 Å². The van der Waals surface area contributed by atoms with Crippen LogP contribution in [-0.4, -0.2) is 10.4 Å². The summed E-state index contributed by atoms with van der Waals surface area (Å²) in [6.07, 6.45) is 1.67. The molecule has 4 heteroatoms. The van der Waals surface area contributed by atoms with Crippen molar-refractivity contribution in [1.29, 1.82) is 0 Å². The molecule has 0 unspecified atom stereocenters. The van der Waals surface area contributed by atoms with Gasteiger partial charge in [-0.05, 0) is 24.3 Å². The predicted molar refractivity (Wildman–Crippen MR) is 43.9 cm³/mol. The van der Waals surface area contributed by atoms with Gasteiger partial charge in [-0.15, -0.1) is 0 Å². The van der Waals surface area contributed by atoms with Gasteiger partial charge in [0.2, 0.25) is 0 Å². The summed E-state index contributed by atoms with van der Waals surface area (Å²) in [4.78, 5) is 14.0. The van der Waals surface area contributed by atoms with Gasteiger partial charge in [-0.25, -0.2) is 9.74 Å². The van der Waals surface area contributed by atoms with Gasteiger partial charge in [0.1, 0.15) is 5.69 Å². The summed E-state index contributed by atoms with van der Waals surface area (Å²) in [5, 5.41) is 0. The van der Waals surface area contributed by atoms with Crippen molar-refractivity contribution in [3.8, 4) is 0 Å². The summed E-state index contributed by atoms with van der Waals surface area (Å²) in [7, 11) is 0. The van der Waals surface area contributed by atoms with Crippen molar-refractivity contribution in [3.05, 3.63) is 42.2 Å². The number of fused-ring (bicyclic) bond motifs is 1. The quantitative estimate of drug-likeness (QED) is 0.670. The Morgan fingerprint density at radius 3 is 2.92 bits per heavy atom. The van der Waals surface area contributed by atoms with Gasteiger partial charge >= 0.3 is 5.97 Å². The monoisotopic (exact) mass is 179 g/mol. The molecule has 0 aliphatic carbocycles. The van der Waals surface area contributed by atoms with E-state index in [0.717, 1.165) is 5.52 Å². The first-order valence-corrected chi connectivity index (χ1v) is 3.72. The van der Waals surface area contributed by atoms with E-state index in [1.54, 1.807) is 22.7 Å². The van der Waals surface area contributed by atoms with Crippen molar-refractivity contribution in [2.24, 2.45) is 0 Å². The number of halogens is 1. The number of hydrogen-bond donors (Lipinski definition) is 0. The Kier molecular flexibility index (Phi) is 1.73. The minimum atomic E-state index is -0.980. The normalized spacial score (nSPS) is 10.2. The predicted octanol–water partition coefficient (Wildman–Crippen LogP) is 1.98. The van der Waals surface area contributed by atoms with Gasteiger partial charge in [-0.3, -0.25) is 0 Å². The van der Waals surface area contributed by atoms with Crippen molar-refractivity contribution in [1.82, 2.24) is 4.40 Å². The van der Waals surface area contributed by atoms with Crippen LogP contribution in [0, 0.1) is 0 Å². The zero-order chi connectivity index (χ0) is 9.26. The van der Waals surface area contributed by atoms with Crippen LogP contribution in [0.3, 0.4) is 0 Å². The summed E-state index contributed by atoms with van der Waals surface area (Å²) in [6, 6.07) is 8.63. The molecule has 0 aromatic carbocycles. The average molecular weight is 179 g/mol. The molecule has 0 bridgehead atoms. The Hall–Kier alpha value is -1.84. The third kappa shape index (κ3) is 1.16. The molecule has 0 atom stereocenters. The van der Waals surface area contributed by atoms with E-state index in [1.165, 1.54) is 6.07 Å². The number of nitrogens with zero attached hydrogens (tertiary/aromatic N) is 1. The fraction of sp³-hybridized carbons (Fsp3) is 0. The molecule has 2 heterocycles. The lowest BCUT2D eigenvalue weighted by atomic mass is 10.4. The molecule has 66 valence electrons. The van der Waals surface area contributed by atoms with Crippen LogP contribution >= 0.6 is 0 Å². The van der Waals surface area contributed by atoms with Gasteiger partial charge in [0.25, 0.3) is 0 Å². The van der Waals surface area contributed by atoms with E-state index in [-0.39, 0.29) is 5.69 Å². The smallest absolute Gasteiger partial charge is 0.311 e. The molecule has 0 saturated heterocycles. The van der Waals surface area contributed by atoms with E-state index in [0.29, 0.717) is 0 Å². The lowest BCUT2D eigenvalue weighted by molar-refractivity contribution is -0.0793. The maximum atomic E-state index is 11.6. The van der Waals surface area contributed by atoms with Crippen LogP contribution < -0.4 is 0 Å². The zero-order valence-corrected chi connectivity index (χ0v) is 6.61. The van der Waals surface area contributed by atoms with E-state index in [4.69, 9.17) is 0 Å². The van der Waals surface area contributed by atoms with Gasteiger partial charge in [-0.2, -0.15) is 0 Å². The van der Waals surface area contributed by atoms with Crippen LogP contribution in [0.25, 0.3) is 5.52 Å². The van der Waals surface area contributed by atoms with Crippen molar-refractivity contribution in [2.45, 2.75) is 0 Å². The number of carbonyl (C=O) groups is 1. The van der Waals surface area contributed by atoms with Crippen LogP contribution in [0.4, 0.5) is 4.53 Å². The summed E-state index contributed by atoms with van der Waals surface area (Å²) >= 11 is 0. The van der Waals surface area contributed by atoms with Crippen LogP contribution in [-0.2, 0) is 4.94 Å². The lowest BCUT2D eigenvalue weighted by Gasteiger charge is -1.96. The van der Waals surface area contributed by atoms with E-state index in [9.17, 15) is 9.32 Å². The first-order chi connectivity index (χ1) is 6.33. The Morgan fingerprint density at radius 2 is 2.15 bits per heavy atom. The summed E-state index contributed by atoms with van der Waals surface area (Å²) in [5.41, 5.74) is 1.00. The highest BCUT2D eigenvalue weighted by atomic mass is 19.3. The minimum Gasteiger partial charge on any atom is -0.311 e. The van der Waals surface area contributed by atoms with Crippen molar-refractivity contribution < 1.29 is 14.3 Å². The molecule has 2 aromatic rings. The zero-order valence-electron chi connectivity index (χ0n) is 6.61.